The molecule has 2 rings (SSSR count). The molecule has 0 radical (unpaired) electrons. The van der Waals surface area contributed by atoms with Crippen molar-refractivity contribution in [1.29, 1.82) is 0 Å². The largest absolute Gasteiger partial charge is 0.456 e. The Bertz CT molecular complexity index is 885. The van der Waals surface area contributed by atoms with Gasteiger partial charge in [-0.3, -0.25) is 14.4 Å². The molecular weight excluding hydrogens is 448 g/mol. The number of amides is 2. The van der Waals surface area contributed by atoms with Crippen molar-refractivity contribution in [3.05, 3.63) is 57.0 Å². The molecule has 0 heterocycles. The fraction of sp³-hybridized carbons (Fsp3) is 0.250. The second kappa shape index (κ2) is 10.2. The SMILES string of the molecule is Cc1ccc(NC(=O)CCC(=O)OCC(=O)Nc2ccc(Br)c(Cl)c2C)cc1. The van der Waals surface area contributed by atoms with Crippen LogP contribution in [0.2, 0.25) is 5.02 Å². The maximum absolute atomic E-state index is 11.9. The second-order valence-corrected chi connectivity index (χ2v) is 7.39. The number of anilines is 2. The van der Waals surface area contributed by atoms with Crippen molar-refractivity contribution in [1.82, 2.24) is 0 Å². The molecule has 0 fully saturated rings. The van der Waals surface area contributed by atoms with E-state index in [-0.39, 0.29) is 18.7 Å². The highest BCUT2D eigenvalue weighted by atomic mass is 79.9. The minimum Gasteiger partial charge on any atom is -0.456 e. The molecule has 0 saturated heterocycles. The van der Waals surface area contributed by atoms with Crippen LogP contribution in [0.1, 0.15) is 24.0 Å². The first-order chi connectivity index (χ1) is 13.3. The number of hydrogen-bond acceptors (Lipinski definition) is 4. The van der Waals surface area contributed by atoms with Crippen LogP contribution in [0.5, 0.6) is 0 Å². The van der Waals surface area contributed by atoms with Gasteiger partial charge in [0.2, 0.25) is 5.91 Å². The van der Waals surface area contributed by atoms with Crippen molar-refractivity contribution in [3.8, 4) is 0 Å². The Balaban J connectivity index is 1.73. The minimum absolute atomic E-state index is 0.0320. The molecule has 0 aromatic heterocycles. The Morgan fingerprint density at radius 2 is 1.64 bits per heavy atom. The molecule has 2 aromatic carbocycles. The van der Waals surface area contributed by atoms with Crippen LogP contribution in [0, 0.1) is 13.8 Å². The minimum atomic E-state index is -0.625. The van der Waals surface area contributed by atoms with Crippen molar-refractivity contribution in [2.75, 3.05) is 17.2 Å². The molecule has 2 amide bonds. The van der Waals surface area contributed by atoms with Gasteiger partial charge in [0.05, 0.1) is 11.4 Å². The number of benzene rings is 2. The Kier molecular flexibility index (Phi) is 8.02. The third-order valence-electron chi connectivity index (χ3n) is 3.87. The van der Waals surface area contributed by atoms with E-state index in [1.54, 1.807) is 31.2 Å². The molecule has 28 heavy (non-hydrogen) atoms. The topological polar surface area (TPSA) is 84.5 Å². The molecule has 0 unspecified atom stereocenters. The fourth-order valence-electron chi connectivity index (χ4n) is 2.27. The summed E-state index contributed by atoms with van der Waals surface area (Å²) in [5, 5.41) is 5.83. The van der Waals surface area contributed by atoms with Crippen LogP contribution >= 0.6 is 27.5 Å². The summed E-state index contributed by atoms with van der Waals surface area (Å²) in [4.78, 5) is 35.6. The predicted octanol–water partition coefficient (Wildman–Crippen LogP) is 4.62. The van der Waals surface area contributed by atoms with Gasteiger partial charge < -0.3 is 15.4 Å². The van der Waals surface area contributed by atoms with Gasteiger partial charge in [0.15, 0.2) is 6.61 Å². The zero-order valence-electron chi connectivity index (χ0n) is 15.5. The predicted molar refractivity (Wildman–Crippen MR) is 113 cm³/mol. The highest BCUT2D eigenvalue weighted by molar-refractivity contribution is 9.10. The molecule has 0 saturated carbocycles. The summed E-state index contributed by atoms with van der Waals surface area (Å²) in [7, 11) is 0. The van der Waals surface area contributed by atoms with E-state index in [1.807, 2.05) is 19.1 Å². The van der Waals surface area contributed by atoms with E-state index >= 15 is 0 Å². The molecule has 6 nitrogen and oxygen atoms in total. The van der Waals surface area contributed by atoms with Gasteiger partial charge in [0.1, 0.15) is 0 Å². The smallest absolute Gasteiger partial charge is 0.306 e. The average molecular weight is 468 g/mol. The maximum Gasteiger partial charge on any atom is 0.306 e. The van der Waals surface area contributed by atoms with Crippen LogP contribution < -0.4 is 10.6 Å². The molecule has 0 aliphatic carbocycles. The van der Waals surface area contributed by atoms with Crippen LogP contribution in [0.25, 0.3) is 0 Å². The monoisotopic (exact) mass is 466 g/mol. The molecule has 148 valence electrons. The summed E-state index contributed by atoms with van der Waals surface area (Å²) in [5.74, 6) is -1.41. The molecular formula is C20H20BrClN2O4. The lowest BCUT2D eigenvalue weighted by atomic mass is 10.2. The van der Waals surface area contributed by atoms with Gasteiger partial charge in [0, 0.05) is 22.3 Å². The van der Waals surface area contributed by atoms with E-state index in [0.29, 0.717) is 22.0 Å². The first-order valence-corrected chi connectivity index (χ1v) is 9.70. The lowest BCUT2D eigenvalue weighted by Crippen LogP contribution is -2.22. The molecule has 0 spiro atoms. The van der Waals surface area contributed by atoms with Gasteiger partial charge in [-0.15, -0.1) is 0 Å². The van der Waals surface area contributed by atoms with Crippen molar-refractivity contribution in [2.24, 2.45) is 0 Å². The lowest BCUT2D eigenvalue weighted by molar-refractivity contribution is -0.147. The summed E-state index contributed by atoms with van der Waals surface area (Å²) in [6.07, 6.45) is -0.149. The molecule has 0 aliphatic heterocycles. The number of halogens is 2. The van der Waals surface area contributed by atoms with Crippen LogP contribution in [-0.4, -0.2) is 24.4 Å². The molecule has 8 heteroatoms. The number of carbonyl (C=O) groups is 3. The summed E-state index contributed by atoms with van der Waals surface area (Å²) in [5.41, 5.74) is 2.97. The third kappa shape index (κ3) is 6.65. The van der Waals surface area contributed by atoms with Gasteiger partial charge >= 0.3 is 5.97 Å². The maximum atomic E-state index is 11.9. The quantitative estimate of drug-likeness (QED) is 0.582. The third-order valence-corrected chi connectivity index (χ3v) is 5.25. The Hall–Kier alpha value is -2.38. The molecule has 2 N–H and O–H groups in total. The van der Waals surface area contributed by atoms with E-state index in [2.05, 4.69) is 26.6 Å². The summed E-state index contributed by atoms with van der Waals surface area (Å²) in [6.45, 7) is 3.28. The van der Waals surface area contributed by atoms with Crippen molar-refractivity contribution in [2.45, 2.75) is 26.7 Å². The van der Waals surface area contributed by atoms with Crippen LogP contribution in [0.4, 0.5) is 11.4 Å². The summed E-state index contributed by atoms with van der Waals surface area (Å²) < 4.78 is 5.64. The van der Waals surface area contributed by atoms with Crippen molar-refractivity contribution < 1.29 is 19.1 Å². The van der Waals surface area contributed by atoms with E-state index in [4.69, 9.17) is 16.3 Å². The molecule has 2 aromatic rings. The lowest BCUT2D eigenvalue weighted by Gasteiger charge is -2.11. The summed E-state index contributed by atoms with van der Waals surface area (Å²) >= 11 is 9.41. The number of aryl methyl sites for hydroxylation is 1. The van der Waals surface area contributed by atoms with Gasteiger partial charge in [-0.2, -0.15) is 0 Å². The van der Waals surface area contributed by atoms with Gasteiger partial charge in [-0.05, 0) is 59.6 Å². The normalized spacial score (nSPS) is 10.3. The number of carbonyl (C=O) groups excluding carboxylic acids is 3. The number of rotatable bonds is 7. The van der Waals surface area contributed by atoms with Crippen LogP contribution in [0.3, 0.4) is 0 Å². The van der Waals surface area contributed by atoms with Crippen molar-refractivity contribution in [3.63, 3.8) is 0 Å². The second-order valence-electron chi connectivity index (χ2n) is 6.16. The Labute approximate surface area is 176 Å². The molecule has 0 aliphatic rings. The van der Waals surface area contributed by atoms with Gasteiger partial charge in [-0.1, -0.05) is 29.3 Å². The number of esters is 1. The average Bonchev–Trinajstić information content (AvgIpc) is 2.67. The Morgan fingerprint density at radius 1 is 0.964 bits per heavy atom. The van der Waals surface area contributed by atoms with E-state index in [9.17, 15) is 14.4 Å². The fourth-order valence-corrected chi connectivity index (χ4v) is 2.86. The zero-order valence-corrected chi connectivity index (χ0v) is 17.8. The first-order valence-electron chi connectivity index (χ1n) is 8.53. The number of nitrogens with one attached hydrogen (secondary N) is 2. The number of ether oxygens (including phenoxy) is 1. The van der Waals surface area contributed by atoms with E-state index in [1.165, 1.54) is 0 Å². The highest BCUT2D eigenvalue weighted by Crippen LogP contribution is 2.30. The van der Waals surface area contributed by atoms with Crippen molar-refractivity contribution >= 4 is 56.7 Å². The molecule has 0 atom stereocenters. The van der Waals surface area contributed by atoms with Crippen LogP contribution in [0.15, 0.2) is 40.9 Å². The zero-order chi connectivity index (χ0) is 20.7. The van der Waals surface area contributed by atoms with E-state index < -0.39 is 18.5 Å². The van der Waals surface area contributed by atoms with E-state index in [0.717, 1.165) is 10.0 Å². The molecule has 0 bridgehead atoms. The Morgan fingerprint density at radius 3 is 2.32 bits per heavy atom. The first kappa shape index (κ1) is 21.9. The standard InChI is InChI=1S/C20H20BrClN2O4/c1-12-3-5-14(6-4-12)23-17(25)9-10-19(27)28-11-18(26)24-16-8-7-15(21)20(22)13(16)2/h3-8H,9-11H2,1-2H3,(H,23,25)(H,24,26). The summed E-state index contributed by atoms with van der Waals surface area (Å²) in [6, 6.07) is 10.7. The van der Waals surface area contributed by atoms with Crippen LogP contribution in [-0.2, 0) is 19.1 Å². The number of hydrogen-bond donors (Lipinski definition) is 2. The highest BCUT2D eigenvalue weighted by Gasteiger charge is 2.13. The van der Waals surface area contributed by atoms with Gasteiger partial charge in [-0.25, -0.2) is 0 Å². The van der Waals surface area contributed by atoms with Gasteiger partial charge in [0.25, 0.3) is 5.91 Å².